The summed E-state index contributed by atoms with van der Waals surface area (Å²) in [5, 5.41) is 20.1. The molecule has 0 aliphatic rings. The zero-order chi connectivity index (χ0) is 17.8. The molecule has 1 heterocycles. The summed E-state index contributed by atoms with van der Waals surface area (Å²) in [6, 6.07) is 15.1. The van der Waals surface area contributed by atoms with E-state index >= 15 is 0 Å². The minimum absolute atomic E-state index is 0.0660. The van der Waals surface area contributed by atoms with Gasteiger partial charge in [0.25, 0.3) is 5.69 Å². The second kappa shape index (κ2) is 6.76. The molecule has 0 spiro atoms. The highest BCUT2D eigenvalue weighted by atomic mass is 16.6. The molecule has 1 aromatic heterocycles. The number of aromatic nitrogens is 2. The molecule has 0 aliphatic carbocycles. The Bertz CT molecular complexity index is 997. The van der Waals surface area contributed by atoms with Gasteiger partial charge in [0, 0.05) is 12.1 Å². The van der Waals surface area contributed by atoms with Crippen LogP contribution in [0.5, 0.6) is 0 Å². The molecule has 1 N–H and O–H groups in total. The Morgan fingerprint density at radius 1 is 1.28 bits per heavy atom. The number of rotatable bonds is 5. The van der Waals surface area contributed by atoms with Crippen molar-refractivity contribution in [3.8, 4) is 6.07 Å². The molecule has 0 fully saturated rings. The molecular weight excluding hydrogens is 320 g/mol. The van der Waals surface area contributed by atoms with E-state index in [1.165, 1.54) is 30.4 Å². The third-order valence-electron chi connectivity index (χ3n) is 3.62. The van der Waals surface area contributed by atoms with Crippen LogP contribution >= 0.6 is 0 Å². The molecule has 0 saturated heterocycles. The lowest BCUT2D eigenvalue weighted by Gasteiger charge is -2.01. The van der Waals surface area contributed by atoms with E-state index in [4.69, 9.17) is 0 Å². The average molecular weight is 332 g/mol. The lowest BCUT2D eigenvalue weighted by Crippen LogP contribution is -2.09. The van der Waals surface area contributed by atoms with Gasteiger partial charge in [-0.3, -0.25) is 14.9 Å². The summed E-state index contributed by atoms with van der Waals surface area (Å²) in [6.45, 7) is 0. The first kappa shape index (κ1) is 16.1. The van der Waals surface area contributed by atoms with Crippen LogP contribution in [-0.4, -0.2) is 20.7 Å². The maximum absolute atomic E-state index is 12.3. The fourth-order valence-corrected chi connectivity index (χ4v) is 2.39. The van der Waals surface area contributed by atoms with Gasteiger partial charge in [-0.2, -0.15) is 5.26 Å². The molecular formula is C18H12N4O3. The Hall–Kier alpha value is -3.79. The lowest BCUT2D eigenvalue weighted by molar-refractivity contribution is -0.384. The second-order valence-corrected chi connectivity index (χ2v) is 5.29. The number of carbonyl (C=O) groups is 1. The van der Waals surface area contributed by atoms with Crippen molar-refractivity contribution in [3.63, 3.8) is 0 Å². The van der Waals surface area contributed by atoms with Crippen LogP contribution in [0.1, 0.15) is 17.3 Å². The van der Waals surface area contributed by atoms with Gasteiger partial charge in [0.2, 0.25) is 0 Å². The zero-order valence-electron chi connectivity index (χ0n) is 12.9. The summed E-state index contributed by atoms with van der Waals surface area (Å²) >= 11 is 0. The van der Waals surface area contributed by atoms with Crippen molar-refractivity contribution in [2.45, 2.75) is 5.92 Å². The smallest absolute Gasteiger partial charge is 0.270 e. The van der Waals surface area contributed by atoms with Gasteiger partial charge in [-0.1, -0.05) is 30.3 Å². The first-order valence-electron chi connectivity index (χ1n) is 7.39. The molecule has 3 aromatic rings. The summed E-state index contributed by atoms with van der Waals surface area (Å²) in [5.41, 5.74) is 1.86. The summed E-state index contributed by atoms with van der Waals surface area (Å²) < 4.78 is 0. The number of nitriles is 1. The Morgan fingerprint density at radius 2 is 2.08 bits per heavy atom. The van der Waals surface area contributed by atoms with Gasteiger partial charge in [0.05, 0.1) is 22.0 Å². The average Bonchev–Trinajstić information content (AvgIpc) is 3.04. The number of imidazole rings is 1. The molecule has 0 saturated carbocycles. The molecule has 0 aliphatic heterocycles. The molecule has 25 heavy (non-hydrogen) atoms. The molecule has 1 unspecified atom stereocenters. The summed E-state index contributed by atoms with van der Waals surface area (Å²) in [7, 11) is 0. The molecule has 3 rings (SSSR count). The van der Waals surface area contributed by atoms with Gasteiger partial charge in [-0.05, 0) is 23.8 Å². The quantitative estimate of drug-likeness (QED) is 0.437. The van der Waals surface area contributed by atoms with Crippen molar-refractivity contribution in [1.29, 1.82) is 5.26 Å². The molecule has 0 radical (unpaired) electrons. The second-order valence-electron chi connectivity index (χ2n) is 5.29. The molecule has 122 valence electrons. The van der Waals surface area contributed by atoms with E-state index in [-0.39, 0.29) is 11.5 Å². The lowest BCUT2D eigenvalue weighted by atomic mass is 10.0. The molecule has 0 bridgehead atoms. The number of hydrogen-bond donors (Lipinski definition) is 1. The highest BCUT2D eigenvalue weighted by Crippen LogP contribution is 2.19. The number of non-ortho nitro benzene ring substituents is 1. The number of nitro benzene ring substituents is 1. The van der Waals surface area contributed by atoms with Crippen LogP contribution < -0.4 is 0 Å². The fourth-order valence-electron chi connectivity index (χ4n) is 2.39. The number of ketones is 1. The van der Waals surface area contributed by atoms with E-state index < -0.39 is 16.6 Å². The largest absolute Gasteiger partial charge is 0.340 e. The standard InChI is InChI=1S/C18H12N4O3/c19-11-14(18-20-15-6-1-2-7-16(15)21-18)17(23)9-8-12-4-3-5-13(10-12)22(24)25/h1-10,14H,(H,20,21)/b9-8+. The SMILES string of the molecule is N#CC(C(=O)/C=C/c1cccc([N+](=O)[O-])c1)c1nc2ccccc2[nH]1. The fraction of sp³-hybridized carbons (Fsp3) is 0.0556. The number of hydrogen-bond acceptors (Lipinski definition) is 5. The number of para-hydroxylation sites is 2. The Morgan fingerprint density at radius 3 is 2.80 bits per heavy atom. The van der Waals surface area contributed by atoms with Crippen LogP contribution in [0.4, 0.5) is 5.69 Å². The third-order valence-corrected chi connectivity index (χ3v) is 3.62. The van der Waals surface area contributed by atoms with Crippen LogP contribution in [0.15, 0.2) is 54.6 Å². The van der Waals surface area contributed by atoms with E-state index in [0.717, 1.165) is 5.52 Å². The van der Waals surface area contributed by atoms with Gasteiger partial charge in [-0.25, -0.2) is 4.98 Å². The van der Waals surface area contributed by atoms with Gasteiger partial charge in [0.1, 0.15) is 5.82 Å². The Balaban J connectivity index is 1.84. The minimum Gasteiger partial charge on any atom is -0.340 e. The van der Waals surface area contributed by atoms with Crippen molar-refractivity contribution in [2.24, 2.45) is 0 Å². The molecule has 2 aromatic carbocycles. The maximum atomic E-state index is 12.3. The van der Waals surface area contributed by atoms with Crippen molar-refractivity contribution in [1.82, 2.24) is 9.97 Å². The van der Waals surface area contributed by atoms with Crippen LogP contribution in [0.2, 0.25) is 0 Å². The topological polar surface area (TPSA) is 113 Å². The van der Waals surface area contributed by atoms with E-state index in [1.54, 1.807) is 12.1 Å². The highest BCUT2D eigenvalue weighted by Gasteiger charge is 2.21. The van der Waals surface area contributed by atoms with Gasteiger partial charge in [0.15, 0.2) is 11.7 Å². The van der Waals surface area contributed by atoms with Crippen molar-refractivity contribution in [3.05, 3.63) is 76.1 Å². The van der Waals surface area contributed by atoms with Crippen molar-refractivity contribution < 1.29 is 9.72 Å². The summed E-state index contributed by atoms with van der Waals surface area (Å²) in [6.07, 6.45) is 2.68. The van der Waals surface area contributed by atoms with Crippen LogP contribution in [-0.2, 0) is 4.79 Å². The van der Waals surface area contributed by atoms with Crippen LogP contribution in [0.3, 0.4) is 0 Å². The van der Waals surface area contributed by atoms with Crippen molar-refractivity contribution >= 4 is 28.6 Å². The normalized spacial score (nSPS) is 12.1. The summed E-state index contributed by atoms with van der Waals surface area (Å²) in [4.78, 5) is 29.9. The number of aromatic amines is 1. The predicted molar refractivity (Wildman–Crippen MR) is 91.6 cm³/mol. The van der Waals surface area contributed by atoms with E-state index in [1.807, 2.05) is 24.3 Å². The number of fused-ring (bicyclic) bond motifs is 1. The van der Waals surface area contributed by atoms with E-state index in [9.17, 15) is 20.2 Å². The van der Waals surface area contributed by atoms with E-state index in [0.29, 0.717) is 11.1 Å². The Kier molecular flexibility index (Phi) is 4.35. The number of benzene rings is 2. The number of carbonyl (C=O) groups excluding carboxylic acids is 1. The molecule has 7 heteroatoms. The molecule has 0 amide bonds. The van der Waals surface area contributed by atoms with Crippen molar-refractivity contribution in [2.75, 3.05) is 0 Å². The summed E-state index contributed by atoms with van der Waals surface area (Å²) in [5.74, 6) is -1.24. The minimum atomic E-state index is -1.07. The predicted octanol–water partition coefficient (Wildman–Crippen LogP) is 3.36. The van der Waals surface area contributed by atoms with Gasteiger partial charge in [-0.15, -0.1) is 0 Å². The molecule has 7 nitrogen and oxygen atoms in total. The first-order chi connectivity index (χ1) is 12.1. The number of allylic oxidation sites excluding steroid dienone is 1. The third kappa shape index (κ3) is 3.43. The zero-order valence-corrected chi connectivity index (χ0v) is 12.9. The number of nitrogens with one attached hydrogen (secondary N) is 1. The number of H-pyrrole nitrogens is 1. The van der Waals surface area contributed by atoms with Gasteiger partial charge >= 0.3 is 0 Å². The van der Waals surface area contributed by atoms with E-state index in [2.05, 4.69) is 9.97 Å². The molecule has 1 atom stereocenters. The monoisotopic (exact) mass is 332 g/mol. The number of nitro groups is 1. The first-order valence-corrected chi connectivity index (χ1v) is 7.39. The highest BCUT2D eigenvalue weighted by molar-refractivity contribution is 6.00. The maximum Gasteiger partial charge on any atom is 0.270 e. The van der Waals surface area contributed by atoms with Crippen LogP contribution in [0, 0.1) is 21.4 Å². The van der Waals surface area contributed by atoms with Gasteiger partial charge < -0.3 is 4.98 Å². The van der Waals surface area contributed by atoms with Crippen LogP contribution in [0.25, 0.3) is 17.1 Å². The Labute approximate surface area is 142 Å². The number of nitrogens with zero attached hydrogens (tertiary/aromatic N) is 3.